The highest BCUT2D eigenvalue weighted by Crippen LogP contribution is 2.29. The lowest BCUT2D eigenvalue weighted by atomic mass is 10.1. The van der Waals surface area contributed by atoms with Gasteiger partial charge in [0.05, 0.1) is 5.92 Å². The summed E-state index contributed by atoms with van der Waals surface area (Å²) >= 11 is 0. The van der Waals surface area contributed by atoms with Crippen LogP contribution in [0.25, 0.3) is 10.9 Å². The Balaban J connectivity index is 1.45. The number of carbonyl (C=O) groups is 1. The molecule has 0 aliphatic carbocycles. The third-order valence-corrected chi connectivity index (χ3v) is 4.76. The number of halogens is 1. The second kappa shape index (κ2) is 7.07. The standard InChI is InChI=1S/C20H19FN4O/c21-17-8-4-7-16-18(17)23-13-24-19(16)25-10-9-15(12-25)20(26)22-11-14-5-2-1-3-6-14/h1-8,13,15H,9-12H2,(H,22,26). The van der Waals surface area contributed by atoms with Crippen LogP contribution in [0.4, 0.5) is 10.2 Å². The Hall–Kier alpha value is -3.02. The fraction of sp³-hybridized carbons (Fsp3) is 0.250. The Kier molecular flexibility index (Phi) is 4.48. The molecule has 1 atom stereocenters. The number of carbonyl (C=O) groups excluding carboxylic acids is 1. The molecular formula is C20H19FN4O. The summed E-state index contributed by atoms with van der Waals surface area (Å²) in [6.45, 7) is 1.81. The van der Waals surface area contributed by atoms with Gasteiger partial charge in [0.2, 0.25) is 5.91 Å². The summed E-state index contributed by atoms with van der Waals surface area (Å²) in [5, 5.41) is 3.68. The van der Waals surface area contributed by atoms with Crippen LogP contribution in [0, 0.1) is 11.7 Å². The van der Waals surface area contributed by atoms with Gasteiger partial charge in [-0.2, -0.15) is 0 Å². The van der Waals surface area contributed by atoms with Gasteiger partial charge in [0.25, 0.3) is 0 Å². The lowest BCUT2D eigenvalue weighted by Crippen LogP contribution is -2.32. The van der Waals surface area contributed by atoms with Crippen molar-refractivity contribution >= 4 is 22.6 Å². The van der Waals surface area contributed by atoms with Crippen LogP contribution in [0.2, 0.25) is 0 Å². The van der Waals surface area contributed by atoms with Crippen LogP contribution in [0.3, 0.4) is 0 Å². The first-order chi connectivity index (χ1) is 12.7. The molecule has 1 aliphatic rings. The molecule has 1 aliphatic heterocycles. The van der Waals surface area contributed by atoms with Crippen molar-refractivity contribution in [3.63, 3.8) is 0 Å². The van der Waals surface area contributed by atoms with Crippen molar-refractivity contribution < 1.29 is 9.18 Å². The molecule has 4 rings (SSSR count). The third kappa shape index (κ3) is 3.22. The number of nitrogens with one attached hydrogen (secondary N) is 1. The molecule has 2 heterocycles. The number of hydrogen-bond acceptors (Lipinski definition) is 4. The molecule has 1 aromatic heterocycles. The van der Waals surface area contributed by atoms with E-state index < -0.39 is 0 Å². The zero-order valence-electron chi connectivity index (χ0n) is 14.2. The van der Waals surface area contributed by atoms with Crippen molar-refractivity contribution in [1.29, 1.82) is 0 Å². The Morgan fingerprint density at radius 2 is 2.00 bits per heavy atom. The molecule has 1 saturated heterocycles. The van der Waals surface area contributed by atoms with E-state index in [2.05, 4.69) is 15.3 Å². The van der Waals surface area contributed by atoms with Crippen LogP contribution in [-0.2, 0) is 11.3 Å². The summed E-state index contributed by atoms with van der Waals surface area (Å²) in [7, 11) is 0. The molecule has 2 aromatic carbocycles. The molecule has 1 unspecified atom stereocenters. The predicted octanol–water partition coefficient (Wildman–Crippen LogP) is 2.91. The average molecular weight is 350 g/mol. The third-order valence-electron chi connectivity index (χ3n) is 4.76. The van der Waals surface area contributed by atoms with Crippen molar-refractivity contribution in [2.24, 2.45) is 5.92 Å². The number of nitrogens with zero attached hydrogens (tertiary/aromatic N) is 3. The number of benzene rings is 2. The maximum absolute atomic E-state index is 13.9. The van der Waals surface area contributed by atoms with Gasteiger partial charge in [0, 0.05) is 25.0 Å². The van der Waals surface area contributed by atoms with Crippen molar-refractivity contribution in [3.05, 3.63) is 66.2 Å². The first-order valence-corrected chi connectivity index (χ1v) is 8.68. The molecule has 1 fully saturated rings. The van der Waals surface area contributed by atoms with Crippen LogP contribution in [0.15, 0.2) is 54.9 Å². The predicted molar refractivity (Wildman–Crippen MR) is 98.1 cm³/mol. The summed E-state index contributed by atoms with van der Waals surface area (Å²) in [4.78, 5) is 22.9. The Morgan fingerprint density at radius 1 is 1.15 bits per heavy atom. The number of anilines is 1. The van der Waals surface area contributed by atoms with E-state index in [-0.39, 0.29) is 17.6 Å². The van der Waals surface area contributed by atoms with Gasteiger partial charge < -0.3 is 10.2 Å². The second-order valence-electron chi connectivity index (χ2n) is 6.47. The highest BCUT2D eigenvalue weighted by atomic mass is 19.1. The number of aromatic nitrogens is 2. The van der Waals surface area contributed by atoms with E-state index in [9.17, 15) is 9.18 Å². The largest absolute Gasteiger partial charge is 0.355 e. The molecular weight excluding hydrogens is 331 g/mol. The van der Waals surface area contributed by atoms with Gasteiger partial charge in [-0.05, 0) is 24.1 Å². The first-order valence-electron chi connectivity index (χ1n) is 8.68. The maximum Gasteiger partial charge on any atom is 0.225 e. The fourth-order valence-electron chi connectivity index (χ4n) is 3.39. The van der Waals surface area contributed by atoms with Crippen LogP contribution in [-0.4, -0.2) is 29.0 Å². The maximum atomic E-state index is 13.9. The number of fused-ring (bicyclic) bond motifs is 1. The minimum atomic E-state index is -0.359. The van der Waals surface area contributed by atoms with Crippen molar-refractivity contribution in [3.8, 4) is 0 Å². The van der Waals surface area contributed by atoms with Crippen LogP contribution < -0.4 is 10.2 Å². The lowest BCUT2D eigenvalue weighted by Gasteiger charge is -2.19. The Morgan fingerprint density at radius 3 is 2.85 bits per heavy atom. The quantitative estimate of drug-likeness (QED) is 0.786. The molecule has 0 bridgehead atoms. The van der Waals surface area contributed by atoms with E-state index >= 15 is 0 Å². The van der Waals surface area contributed by atoms with Crippen LogP contribution in [0.1, 0.15) is 12.0 Å². The van der Waals surface area contributed by atoms with E-state index in [0.717, 1.165) is 12.0 Å². The SMILES string of the molecule is O=C(NCc1ccccc1)C1CCN(c2ncnc3c(F)cccc23)C1. The summed E-state index contributed by atoms with van der Waals surface area (Å²) in [6.07, 6.45) is 2.13. The molecule has 26 heavy (non-hydrogen) atoms. The number of hydrogen-bond donors (Lipinski definition) is 1. The zero-order chi connectivity index (χ0) is 17.9. The molecule has 6 heteroatoms. The highest BCUT2D eigenvalue weighted by Gasteiger charge is 2.30. The molecule has 1 amide bonds. The van der Waals surface area contributed by atoms with E-state index in [1.165, 1.54) is 12.4 Å². The molecule has 0 radical (unpaired) electrons. The lowest BCUT2D eigenvalue weighted by molar-refractivity contribution is -0.124. The second-order valence-corrected chi connectivity index (χ2v) is 6.47. The number of amides is 1. The first kappa shape index (κ1) is 16.4. The van der Waals surface area contributed by atoms with Crippen molar-refractivity contribution in [1.82, 2.24) is 15.3 Å². The summed E-state index contributed by atoms with van der Waals surface area (Å²) < 4.78 is 13.9. The van der Waals surface area contributed by atoms with E-state index in [4.69, 9.17) is 0 Å². The van der Waals surface area contributed by atoms with Gasteiger partial charge in [-0.25, -0.2) is 14.4 Å². The summed E-state index contributed by atoms with van der Waals surface area (Å²) in [5.74, 6) is 0.272. The Bertz CT molecular complexity index is 932. The van der Waals surface area contributed by atoms with Crippen LogP contribution >= 0.6 is 0 Å². The minimum Gasteiger partial charge on any atom is -0.355 e. The number of para-hydroxylation sites is 1. The molecule has 1 N–H and O–H groups in total. The van der Waals surface area contributed by atoms with Gasteiger partial charge in [0.15, 0.2) is 0 Å². The van der Waals surface area contributed by atoms with Gasteiger partial charge in [-0.3, -0.25) is 4.79 Å². The molecule has 132 valence electrons. The average Bonchev–Trinajstić information content (AvgIpc) is 3.17. The normalized spacial score (nSPS) is 16.8. The number of rotatable bonds is 4. The zero-order valence-corrected chi connectivity index (χ0v) is 14.2. The highest BCUT2D eigenvalue weighted by molar-refractivity contribution is 5.90. The van der Waals surface area contributed by atoms with E-state index in [1.54, 1.807) is 6.07 Å². The minimum absolute atomic E-state index is 0.0425. The molecule has 5 nitrogen and oxygen atoms in total. The van der Waals surface area contributed by atoms with Gasteiger partial charge in [0.1, 0.15) is 23.5 Å². The van der Waals surface area contributed by atoms with E-state index in [1.807, 2.05) is 41.3 Å². The van der Waals surface area contributed by atoms with Crippen molar-refractivity contribution in [2.75, 3.05) is 18.0 Å². The topological polar surface area (TPSA) is 58.1 Å². The van der Waals surface area contributed by atoms with Crippen molar-refractivity contribution in [2.45, 2.75) is 13.0 Å². The van der Waals surface area contributed by atoms with Gasteiger partial charge in [-0.1, -0.05) is 36.4 Å². The summed E-state index contributed by atoms with van der Waals surface area (Å²) in [5.41, 5.74) is 1.39. The van der Waals surface area contributed by atoms with Crippen LogP contribution in [0.5, 0.6) is 0 Å². The molecule has 0 saturated carbocycles. The monoisotopic (exact) mass is 350 g/mol. The summed E-state index contributed by atoms with van der Waals surface area (Å²) in [6, 6.07) is 14.7. The smallest absolute Gasteiger partial charge is 0.225 e. The fourth-order valence-corrected chi connectivity index (χ4v) is 3.39. The molecule has 0 spiro atoms. The van der Waals surface area contributed by atoms with Gasteiger partial charge >= 0.3 is 0 Å². The van der Waals surface area contributed by atoms with Gasteiger partial charge in [-0.15, -0.1) is 0 Å². The molecule has 3 aromatic rings. The van der Waals surface area contributed by atoms with E-state index in [0.29, 0.717) is 36.4 Å². The Labute approximate surface area is 150 Å².